The van der Waals surface area contributed by atoms with Gasteiger partial charge in [0.15, 0.2) is 0 Å². The van der Waals surface area contributed by atoms with E-state index in [9.17, 15) is 14.0 Å². The molecule has 2 atom stereocenters. The number of carbonyl (C=O) groups is 2. The quantitative estimate of drug-likeness (QED) is 0.782. The largest absolute Gasteiger partial charge is 0.338 e. The third-order valence-corrected chi connectivity index (χ3v) is 5.34. The lowest BCUT2D eigenvalue weighted by atomic mass is 9.89. The monoisotopic (exact) mass is 397 g/mol. The molecule has 1 aliphatic rings. The first-order chi connectivity index (χ1) is 13.9. The predicted molar refractivity (Wildman–Crippen MR) is 112 cm³/mol. The Morgan fingerprint density at radius 3 is 2.52 bits per heavy atom. The van der Waals surface area contributed by atoms with Crippen LogP contribution in [-0.2, 0) is 4.79 Å². The number of carbonyl (C=O) groups excluding carboxylic acids is 2. The molecular formula is C23H28FN3O2. The van der Waals surface area contributed by atoms with Crippen LogP contribution in [0.2, 0.25) is 0 Å². The molecule has 0 spiro atoms. The van der Waals surface area contributed by atoms with Gasteiger partial charge in [0, 0.05) is 31.0 Å². The van der Waals surface area contributed by atoms with Crippen LogP contribution in [0.15, 0.2) is 48.5 Å². The van der Waals surface area contributed by atoms with Crippen molar-refractivity contribution >= 4 is 17.5 Å². The fourth-order valence-electron chi connectivity index (χ4n) is 3.86. The van der Waals surface area contributed by atoms with Crippen molar-refractivity contribution in [2.24, 2.45) is 17.6 Å². The van der Waals surface area contributed by atoms with E-state index in [0.29, 0.717) is 26.1 Å². The molecule has 2 aromatic rings. The Morgan fingerprint density at radius 2 is 1.90 bits per heavy atom. The molecular weight excluding hydrogens is 369 g/mol. The highest BCUT2D eigenvalue weighted by Crippen LogP contribution is 2.33. The summed E-state index contributed by atoms with van der Waals surface area (Å²) in [6.07, 6.45) is 0.315. The third-order valence-electron chi connectivity index (χ3n) is 5.34. The maximum Gasteiger partial charge on any atom is 0.253 e. The van der Waals surface area contributed by atoms with E-state index < -0.39 is 5.82 Å². The number of hydrogen-bond acceptors (Lipinski definition) is 3. The first-order valence-electron chi connectivity index (χ1n) is 10.0. The zero-order valence-electron chi connectivity index (χ0n) is 16.9. The first kappa shape index (κ1) is 21.0. The van der Waals surface area contributed by atoms with Crippen LogP contribution in [0.4, 0.5) is 10.1 Å². The van der Waals surface area contributed by atoms with E-state index >= 15 is 0 Å². The van der Waals surface area contributed by atoms with Gasteiger partial charge in [-0.05, 0) is 42.1 Å². The summed E-state index contributed by atoms with van der Waals surface area (Å²) in [7, 11) is 0. The van der Waals surface area contributed by atoms with Crippen molar-refractivity contribution in [3.8, 4) is 0 Å². The minimum absolute atomic E-state index is 0.0932. The number of nitrogens with one attached hydrogen (secondary N) is 1. The molecule has 1 heterocycles. The van der Waals surface area contributed by atoms with Gasteiger partial charge in [0.1, 0.15) is 5.82 Å². The second kappa shape index (κ2) is 9.18. The van der Waals surface area contributed by atoms with E-state index in [1.807, 2.05) is 32.0 Å². The molecule has 3 N–H and O–H groups in total. The lowest BCUT2D eigenvalue weighted by molar-refractivity contribution is -0.116. The maximum atomic E-state index is 14.5. The third kappa shape index (κ3) is 5.01. The van der Waals surface area contributed by atoms with Gasteiger partial charge in [0.05, 0.1) is 5.69 Å². The average Bonchev–Trinajstić information content (AvgIpc) is 3.13. The molecule has 29 heavy (non-hydrogen) atoms. The molecule has 0 bridgehead atoms. The van der Waals surface area contributed by atoms with Crippen LogP contribution in [-0.4, -0.2) is 36.3 Å². The number of rotatable bonds is 6. The van der Waals surface area contributed by atoms with Crippen molar-refractivity contribution in [2.45, 2.75) is 26.2 Å². The summed E-state index contributed by atoms with van der Waals surface area (Å²) >= 11 is 0. The zero-order valence-corrected chi connectivity index (χ0v) is 16.9. The van der Waals surface area contributed by atoms with Crippen molar-refractivity contribution in [2.75, 3.05) is 25.0 Å². The molecule has 1 aliphatic heterocycles. The number of likely N-dealkylation sites (tertiary alicyclic amines) is 1. The molecule has 6 heteroatoms. The number of anilines is 1. The number of nitrogens with two attached hydrogens (primary N) is 1. The molecule has 1 fully saturated rings. The molecule has 154 valence electrons. The summed E-state index contributed by atoms with van der Waals surface area (Å²) in [5, 5.41) is 2.57. The lowest BCUT2D eigenvalue weighted by Gasteiger charge is -2.17. The van der Waals surface area contributed by atoms with Crippen LogP contribution < -0.4 is 11.1 Å². The Kier molecular flexibility index (Phi) is 6.64. The fourth-order valence-corrected chi connectivity index (χ4v) is 3.86. The molecule has 2 aromatic carbocycles. The highest BCUT2D eigenvalue weighted by molar-refractivity contribution is 5.96. The minimum atomic E-state index is -0.609. The van der Waals surface area contributed by atoms with Crippen LogP contribution in [0.5, 0.6) is 0 Å². The van der Waals surface area contributed by atoms with E-state index in [0.717, 1.165) is 5.56 Å². The SMILES string of the molecule is CC(C)CC(=O)Nc1ccc(C(=O)N2C[C@@H](CN)[C@H](c3ccccc3)C2)cc1F. The topological polar surface area (TPSA) is 75.4 Å². The van der Waals surface area contributed by atoms with E-state index in [2.05, 4.69) is 17.4 Å². The second-order valence-corrected chi connectivity index (χ2v) is 8.06. The molecule has 0 radical (unpaired) electrons. The lowest BCUT2D eigenvalue weighted by Crippen LogP contribution is -2.30. The number of benzene rings is 2. The number of halogens is 1. The van der Waals surface area contributed by atoms with Crippen LogP contribution in [0.3, 0.4) is 0 Å². The smallest absolute Gasteiger partial charge is 0.253 e. The van der Waals surface area contributed by atoms with E-state index in [1.165, 1.54) is 12.1 Å². The van der Waals surface area contributed by atoms with Gasteiger partial charge in [-0.2, -0.15) is 0 Å². The molecule has 0 unspecified atom stereocenters. The number of hydrogen-bond donors (Lipinski definition) is 2. The maximum absolute atomic E-state index is 14.5. The predicted octanol–water partition coefficient (Wildman–Crippen LogP) is 3.62. The second-order valence-electron chi connectivity index (χ2n) is 8.06. The molecule has 2 amide bonds. The Hall–Kier alpha value is -2.73. The summed E-state index contributed by atoms with van der Waals surface area (Å²) in [5.74, 6) is -0.551. The highest BCUT2D eigenvalue weighted by Gasteiger charge is 2.35. The van der Waals surface area contributed by atoms with Gasteiger partial charge in [0.2, 0.25) is 5.91 Å². The molecule has 5 nitrogen and oxygen atoms in total. The number of nitrogens with zero attached hydrogens (tertiary/aromatic N) is 1. The Balaban J connectivity index is 1.72. The van der Waals surface area contributed by atoms with Gasteiger partial charge in [-0.25, -0.2) is 4.39 Å². The molecule has 0 saturated carbocycles. The fraction of sp³-hybridized carbons (Fsp3) is 0.391. The normalized spacial score (nSPS) is 18.9. The van der Waals surface area contributed by atoms with Gasteiger partial charge >= 0.3 is 0 Å². The molecule has 0 aromatic heterocycles. The van der Waals surface area contributed by atoms with Crippen molar-refractivity contribution < 1.29 is 14.0 Å². The zero-order chi connectivity index (χ0) is 21.0. The van der Waals surface area contributed by atoms with Crippen LogP contribution >= 0.6 is 0 Å². The summed E-state index contributed by atoms with van der Waals surface area (Å²) in [6.45, 7) is 5.43. The van der Waals surface area contributed by atoms with Crippen molar-refractivity contribution in [1.29, 1.82) is 0 Å². The van der Waals surface area contributed by atoms with Crippen molar-refractivity contribution in [3.05, 3.63) is 65.5 Å². The number of amides is 2. The van der Waals surface area contributed by atoms with Gasteiger partial charge in [0.25, 0.3) is 5.91 Å². The van der Waals surface area contributed by atoms with Gasteiger partial charge < -0.3 is 16.0 Å². The Bertz CT molecular complexity index is 870. The van der Waals surface area contributed by atoms with Crippen molar-refractivity contribution in [1.82, 2.24) is 4.90 Å². The molecule has 3 rings (SSSR count). The van der Waals surface area contributed by atoms with E-state index in [4.69, 9.17) is 5.73 Å². The van der Waals surface area contributed by atoms with Crippen LogP contribution in [0.1, 0.15) is 42.1 Å². The van der Waals surface area contributed by atoms with Gasteiger partial charge in [-0.15, -0.1) is 0 Å². The summed E-state index contributed by atoms with van der Waals surface area (Å²) in [5.41, 5.74) is 7.47. The van der Waals surface area contributed by atoms with Gasteiger partial charge in [-0.3, -0.25) is 9.59 Å². The average molecular weight is 397 g/mol. The Morgan fingerprint density at radius 1 is 1.17 bits per heavy atom. The van der Waals surface area contributed by atoms with E-state index in [1.54, 1.807) is 11.0 Å². The van der Waals surface area contributed by atoms with Gasteiger partial charge in [-0.1, -0.05) is 44.2 Å². The summed E-state index contributed by atoms with van der Waals surface area (Å²) < 4.78 is 14.5. The molecule has 0 aliphatic carbocycles. The minimum Gasteiger partial charge on any atom is -0.338 e. The molecule has 1 saturated heterocycles. The standard InChI is InChI=1S/C23H28FN3O2/c1-15(2)10-22(28)26-21-9-8-17(11-20(21)24)23(29)27-13-18(12-25)19(14-27)16-6-4-3-5-7-16/h3-9,11,15,18-19H,10,12-14,25H2,1-2H3,(H,26,28)/t18-,19+/m1/s1. The van der Waals surface area contributed by atoms with E-state index in [-0.39, 0.29) is 40.8 Å². The van der Waals surface area contributed by atoms with Crippen LogP contribution in [0.25, 0.3) is 0 Å². The summed E-state index contributed by atoms with van der Waals surface area (Å²) in [4.78, 5) is 26.6. The first-order valence-corrected chi connectivity index (χ1v) is 10.0. The Labute approximate surface area is 171 Å². The van der Waals surface area contributed by atoms with Crippen molar-refractivity contribution in [3.63, 3.8) is 0 Å². The van der Waals surface area contributed by atoms with Crippen LogP contribution in [0, 0.1) is 17.7 Å². The highest BCUT2D eigenvalue weighted by atomic mass is 19.1. The summed E-state index contributed by atoms with van der Waals surface area (Å²) in [6, 6.07) is 14.2.